The second-order valence-electron chi connectivity index (χ2n) is 29.3. The highest BCUT2D eigenvalue weighted by molar-refractivity contribution is 6.12. The molecule has 16 rings (SSSR count). The summed E-state index contributed by atoms with van der Waals surface area (Å²) in [6.45, 7) is -1.53. The van der Waals surface area contributed by atoms with Gasteiger partial charge in [0.25, 0.3) is 0 Å². The van der Waals surface area contributed by atoms with Crippen LogP contribution in [-0.4, -0.2) is 282 Å². The molecule has 1 aliphatic carbocycles. The number of hydrogen-bond donors (Lipinski definition) is 29. The maximum atomic E-state index is 15.4. The fourth-order valence-corrected chi connectivity index (χ4v) is 15.3. The number of ether oxygens (including phenoxy) is 13. The van der Waals surface area contributed by atoms with E-state index in [1.54, 1.807) is 0 Å². The molecule has 6 aliphatic heterocycles. The largest absolute Gasteiger partial charge is 0.506 e. The summed E-state index contributed by atoms with van der Waals surface area (Å²) in [7, 11) is 0. The lowest BCUT2D eigenvalue weighted by Crippen LogP contribution is -2.63. The number of cyclic esters (lactones) is 1. The number of fused-ring (bicyclic) bond motifs is 18. The number of aromatic hydroxyl groups is 26. The van der Waals surface area contributed by atoms with E-state index < -0.39 is 407 Å². The molecule has 9 aromatic rings. The van der Waals surface area contributed by atoms with E-state index in [2.05, 4.69) is 0 Å². The van der Waals surface area contributed by atoms with Crippen LogP contribution in [0, 0.1) is 0 Å². The lowest BCUT2D eigenvalue weighted by Gasteiger charge is -2.44. The summed E-state index contributed by atoms with van der Waals surface area (Å²) in [6.07, 6.45) is -31.6. The standard InChI is InChI=1S/C81H54O52/c82-23-1-13(69(111)130-79-66-64(125-72(114)16-5-26(85)46(95)55(104)37(16)39-18(74(116)127-66)7-28(87)48(97)57(39)106)63-34(123-79)12-121-70(112)14-3-24(83)44(93)53(102)35(14)36-15(71(113)124-63)4-25(84)45(94)54(36)103)2-33(43(23)92)122-62-22(11-32(91)52(101)61(62)110)78(120)132-81-68-65(126-73(115)17-6-27(86)47(96)56(105)38(17)40-19(75(117)129-68)8-29(88)49(98)58(40)107)67-80(133-81)131-77(119)21-10-31(90)51(100)60(109)42(21)41-20(76(118)128-67)9-30(89)50(99)59(41)108/h1-11,34,36,54,63-68,79-110H,12H2/t34?,36-,54?,63?,64+,65+,66?,67?,68-,79+,80-,81?/m1/s1. The topological polar surface area (TPSA) is 877 Å². The van der Waals surface area contributed by atoms with Crippen LogP contribution in [0.5, 0.6) is 161 Å². The SMILES string of the molecule is O=C1OC2C(COC(=O)c3cc(O)c(O)c(O)c3[C@H]3C1=CC(O)=C(O)C3O)O[C@@H](OC(=O)c1cc(O)c(O)c(Oc3c(C(=O)OC4O[C@H]5OC(=O)c6cc(O)c(O)c(O)c6-c6c(cc(O)c(O)c6O)C(=O)OC5[C@@H]5OC(=O)c6cc(O)c(O)c(O)c6-c6c(cc(O)c(O)c6O)C(=O)O[C@@H]45)cc(O)c(O)c3O)c1)C1OC(=O)c3cc(O)c(O)c(O)c3-c3c(cc(O)c(O)c3O)C(=O)O[C@@H]21. The number of carbonyl (C=O) groups is 10. The highest BCUT2D eigenvalue weighted by Crippen LogP contribution is 2.60. The molecule has 0 radical (unpaired) electrons. The number of esters is 10. The molecule has 29 N–H and O–H groups in total. The summed E-state index contributed by atoms with van der Waals surface area (Å²) in [5, 5.41) is 322. The van der Waals surface area contributed by atoms with E-state index in [1.807, 2.05) is 0 Å². The number of hydrogen-bond acceptors (Lipinski definition) is 52. The molecular weight excluding hydrogens is 1800 g/mol. The van der Waals surface area contributed by atoms with Gasteiger partial charge in [-0.15, -0.1) is 0 Å². The van der Waals surface area contributed by atoms with Crippen LogP contribution >= 0.6 is 0 Å². The van der Waals surface area contributed by atoms with Crippen molar-refractivity contribution in [2.24, 2.45) is 0 Å². The van der Waals surface area contributed by atoms with Gasteiger partial charge < -0.3 is 205 Å². The first-order valence-electron chi connectivity index (χ1n) is 37.0. The van der Waals surface area contributed by atoms with Crippen molar-refractivity contribution in [1.82, 2.24) is 0 Å². The van der Waals surface area contributed by atoms with Gasteiger partial charge in [0.2, 0.25) is 94.7 Å². The molecule has 12 atom stereocenters. The molecule has 0 spiro atoms. The molecule has 0 amide bonds. The molecule has 0 bridgehead atoms. The Hall–Kier alpha value is -18.8. The number of phenolic OH excluding ortho intramolecular Hbond substituents is 26. The average Bonchev–Trinajstić information content (AvgIpc) is 1.27. The van der Waals surface area contributed by atoms with Crippen molar-refractivity contribution in [2.45, 2.75) is 73.6 Å². The molecule has 0 aromatic heterocycles. The van der Waals surface area contributed by atoms with Gasteiger partial charge >= 0.3 is 59.7 Å². The lowest BCUT2D eigenvalue weighted by atomic mass is 9.79. The van der Waals surface area contributed by atoms with E-state index in [0.717, 1.165) is 0 Å². The normalized spacial score (nSPS) is 21.9. The fraction of sp³-hybridized carbons (Fsp3) is 0.160. The van der Waals surface area contributed by atoms with Crippen molar-refractivity contribution in [1.29, 1.82) is 0 Å². The monoisotopic (exact) mass is 1860 g/mol. The summed E-state index contributed by atoms with van der Waals surface area (Å²) in [5.74, 6) is -69.7. The van der Waals surface area contributed by atoms with Gasteiger partial charge in [0.1, 0.15) is 24.4 Å². The predicted octanol–water partition coefficient (Wildman–Crippen LogP) is 2.97. The molecular formula is C81H54O52. The van der Waals surface area contributed by atoms with Gasteiger partial charge in [0.05, 0.1) is 56.0 Å². The Bertz CT molecular complexity index is 6850. The number of carbonyl (C=O) groups excluding carboxylic acids is 10. The second-order valence-corrected chi connectivity index (χ2v) is 29.3. The highest BCUT2D eigenvalue weighted by atomic mass is 16.8. The van der Waals surface area contributed by atoms with Crippen LogP contribution in [-0.2, 0) is 61.6 Å². The third-order valence-corrected chi connectivity index (χ3v) is 21.6. The quantitative estimate of drug-likeness (QED) is 0.0646. The van der Waals surface area contributed by atoms with E-state index in [4.69, 9.17) is 61.6 Å². The average molecular weight is 1860 g/mol. The minimum absolute atomic E-state index is 0.0853. The zero-order valence-corrected chi connectivity index (χ0v) is 64.8. The van der Waals surface area contributed by atoms with Gasteiger partial charge in [0, 0.05) is 45.0 Å². The highest BCUT2D eigenvalue weighted by Gasteiger charge is 2.60. The molecule has 9 aromatic carbocycles. The van der Waals surface area contributed by atoms with E-state index in [1.165, 1.54) is 0 Å². The van der Waals surface area contributed by atoms with Crippen molar-refractivity contribution >= 4 is 59.7 Å². The van der Waals surface area contributed by atoms with Crippen LogP contribution in [0.4, 0.5) is 0 Å². The molecule has 0 saturated carbocycles. The number of aliphatic hydroxyl groups is 3. The van der Waals surface area contributed by atoms with E-state index >= 15 is 33.6 Å². The van der Waals surface area contributed by atoms with Crippen LogP contribution < -0.4 is 4.74 Å². The van der Waals surface area contributed by atoms with Gasteiger partial charge in [-0.05, 0) is 60.7 Å². The Morgan fingerprint density at radius 2 is 0.639 bits per heavy atom. The van der Waals surface area contributed by atoms with Crippen LogP contribution in [0.1, 0.15) is 105 Å². The number of allylic oxidation sites excluding steroid dienone is 1. The Morgan fingerprint density at radius 1 is 0.308 bits per heavy atom. The van der Waals surface area contributed by atoms with Crippen LogP contribution in [0.2, 0.25) is 0 Å². The molecule has 6 unspecified atom stereocenters. The first kappa shape index (κ1) is 87.7. The van der Waals surface area contributed by atoms with Gasteiger partial charge in [-0.3, -0.25) is 4.74 Å². The molecule has 52 heteroatoms. The van der Waals surface area contributed by atoms with E-state index in [0.29, 0.717) is 12.1 Å². The number of aliphatic hydroxyl groups excluding tert-OH is 3. The summed E-state index contributed by atoms with van der Waals surface area (Å²) in [5.41, 5.74) is -21.9. The Kier molecular flexibility index (Phi) is 20.7. The molecule has 2 saturated heterocycles. The van der Waals surface area contributed by atoms with Crippen molar-refractivity contribution < 1.29 is 258 Å². The minimum atomic E-state index is -3.21. The van der Waals surface area contributed by atoms with Gasteiger partial charge in [-0.25, -0.2) is 47.9 Å². The van der Waals surface area contributed by atoms with Crippen LogP contribution in [0.3, 0.4) is 0 Å². The van der Waals surface area contributed by atoms with Crippen molar-refractivity contribution in [3.05, 3.63) is 139 Å². The van der Waals surface area contributed by atoms with Gasteiger partial charge in [-0.1, -0.05) is 0 Å². The minimum Gasteiger partial charge on any atom is -0.506 e. The van der Waals surface area contributed by atoms with Crippen molar-refractivity contribution in [3.8, 4) is 194 Å². The Morgan fingerprint density at radius 3 is 1.06 bits per heavy atom. The summed E-state index contributed by atoms with van der Waals surface area (Å²) < 4.78 is 74.3. The molecule has 7 aliphatic rings. The third-order valence-electron chi connectivity index (χ3n) is 21.6. The number of benzene rings is 9. The predicted molar refractivity (Wildman–Crippen MR) is 407 cm³/mol. The van der Waals surface area contributed by atoms with Gasteiger partial charge in [0.15, 0.2) is 133 Å². The van der Waals surface area contributed by atoms with Gasteiger partial charge in [-0.2, -0.15) is 0 Å². The molecule has 2 fully saturated rings. The summed E-state index contributed by atoms with van der Waals surface area (Å²) >= 11 is 0. The molecule has 133 heavy (non-hydrogen) atoms. The first-order valence-corrected chi connectivity index (χ1v) is 37.0. The molecule has 52 nitrogen and oxygen atoms in total. The van der Waals surface area contributed by atoms with E-state index in [9.17, 15) is 162 Å². The maximum Gasteiger partial charge on any atom is 0.344 e. The summed E-state index contributed by atoms with van der Waals surface area (Å²) in [4.78, 5) is 150. The van der Waals surface area contributed by atoms with Crippen molar-refractivity contribution in [3.63, 3.8) is 0 Å². The Labute approximate surface area is 728 Å². The number of phenols is 26. The smallest absolute Gasteiger partial charge is 0.344 e. The second kappa shape index (κ2) is 31.4. The van der Waals surface area contributed by atoms with Crippen molar-refractivity contribution in [2.75, 3.05) is 6.61 Å². The summed E-state index contributed by atoms with van der Waals surface area (Å²) in [6, 6.07) is 2.46. The first-order chi connectivity index (χ1) is 62.6. The van der Waals surface area contributed by atoms with Crippen LogP contribution in [0.25, 0.3) is 33.4 Å². The zero-order valence-electron chi connectivity index (χ0n) is 64.8. The third kappa shape index (κ3) is 13.8. The van der Waals surface area contributed by atoms with E-state index in [-0.39, 0.29) is 54.6 Å². The number of rotatable bonds is 6. The molecule has 690 valence electrons. The zero-order chi connectivity index (χ0) is 96.5. The maximum absolute atomic E-state index is 15.4. The van der Waals surface area contributed by atoms with Crippen LogP contribution in [0.15, 0.2) is 83.8 Å². The molecule has 6 heterocycles. The Balaban J connectivity index is 0.805. The lowest BCUT2D eigenvalue weighted by molar-refractivity contribution is -0.322. The fourth-order valence-electron chi connectivity index (χ4n) is 15.3.